The molecular weight excluding hydrogens is 156 g/mol. The summed E-state index contributed by atoms with van der Waals surface area (Å²) >= 11 is 0. The molecule has 0 spiro atoms. The third-order valence-electron chi connectivity index (χ3n) is 1.46. The molecule has 4 N–H and O–H groups in total. The van der Waals surface area contributed by atoms with Gasteiger partial charge in [-0.3, -0.25) is 4.79 Å². The van der Waals surface area contributed by atoms with Crippen LogP contribution in [-0.4, -0.2) is 29.7 Å². The summed E-state index contributed by atoms with van der Waals surface area (Å²) in [6.07, 6.45) is 0.551. The Balaban J connectivity index is 0.000000810. The Bertz CT molecular complexity index is 131. The molecule has 0 saturated carbocycles. The van der Waals surface area contributed by atoms with Crippen LogP contribution >= 0.6 is 12.4 Å². The van der Waals surface area contributed by atoms with Crippen molar-refractivity contribution in [2.45, 2.75) is 18.5 Å². The molecule has 1 saturated heterocycles. The SMILES string of the molecule is Cl.NC1CNC(C(=O)O)C1. The molecule has 2 atom stereocenters. The molecule has 60 valence electrons. The normalized spacial score (nSPS) is 31.3. The van der Waals surface area contributed by atoms with Gasteiger partial charge in [0, 0.05) is 12.6 Å². The zero-order chi connectivity index (χ0) is 6.85. The average Bonchev–Trinajstić information content (AvgIpc) is 2.14. The van der Waals surface area contributed by atoms with E-state index in [0.29, 0.717) is 13.0 Å². The molecular formula is C5H11ClN2O2. The van der Waals surface area contributed by atoms with Gasteiger partial charge in [0.2, 0.25) is 0 Å². The molecule has 0 aromatic carbocycles. The highest BCUT2D eigenvalue weighted by molar-refractivity contribution is 5.85. The van der Waals surface area contributed by atoms with Crippen LogP contribution in [0.4, 0.5) is 0 Å². The molecule has 5 heteroatoms. The first-order valence-corrected chi connectivity index (χ1v) is 2.92. The fourth-order valence-corrected chi connectivity index (χ4v) is 0.951. The van der Waals surface area contributed by atoms with Crippen LogP contribution in [0, 0.1) is 0 Å². The maximum absolute atomic E-state index is 10.2. The lowest BCUT2D eigenvalue weighted by atomic mass is 10.2. The summed E-state index contributed by atoms with van der Waals surface area (Å²) in [5.41, 5.74) is 5.44. The molecule has 4 nitrogen and oxygen atoms in total. The van der Waals surface area contributed by atoms with E-state index in [0.717, 1.165) is 0 Å². The van der Waals surface area contributed by atoms with E-state index in [4.69, 9.17) is 10.8 Å². The fourth-order valence-electron chi connectivity index (χ4n) is 0.951. The molecule has 0 radical (unpaired) electrons. The lowest BCUT2D eigenvalue weighted by Crippen LogP contribution is -2.30. The monoisotopic (exact) mass is 166 g/mol. The average molecular weight is 167 g/mol. The Labute approximate surface area is 65.2 Å². The van der Waals surface area contributed by atoms with E-state index in [9.17, 15) is 4.79 Å². The molecule has 0 aromatic heterocycles. The summed E-state index contributed by atoms with van der Waals surface area (Å²) in [6, 6.07) is -0.397. The van der Waals surface area contributed by atoms with Gasteiger partial charge in [-0.05, 0) is 6.42 Å². The fraction of sp³-hybridized carbons (Fsp3) is 0.800. The van der Waals surface area contributed by atoms with Crippen molar-refractivity contribution in [3.05, 3.63) is 0 Å². The summed E-state index contributed by atoms with van der Waals surface area (Å²) in [4.78, 5) is 10.2. The molecule has 1 aliphatic heterocycles. The number of hydrogen-bond donors (Lipinski definition) is 3. The van der Waals surface area contributed by atoms with Crippen LogP contribution in [0.1, 0.15) is 6.42 Å². The maximum atomic E-state index is 10.2. The van der Waals surface area contributed by atoms with Crippen molar-refractivity contribution in [1.82, 2.24) is 5.32 Å². The van der Waals surface area contributed by atoms with Crippen LogP contribution in [-0.2, 0) is 4.79 Å². The van der Waals surface area contributed by atoms with Gasteiger partial charge >= 0.3 is 5.97 Å². The number of rotatable bonds is 1. The summed E-state index contributed by atoms with van der Waals surface area (Å²) < 4.78 is 0. The highest BCUT2D eigenvalue weighted by Gasteiger charge is 2.26. The Morgan fingerprint density at radius 3 is 2.50 bits per heavy atom. The summed E-state index contributed by atoms with van der Waals surface area (Å²) in [7, 11) is 0. The van der Waals surface area contributed by atoms with E-state index < -0.39 is 12.0 Å². The minimum atomic E-state index is -0.803. The van der Waals surface area contributed by atoms with Gasteiger partial charge in [-0.15, -0.1) is 12.4 Å². The van der Waals surface area contributed by atoms with Gasteiger partial charge in [0.1, 0.15) is 6.04 Å². The molecule has 0 aromatic rings. The van der Waals surface area contributed by atoms with Crippen molar-refractivity contribution in [3.63, 3.8) is 0 Å². The topological polar surface area (TPSA) is 75.3 Å². The van der Waals surface area contributed by atoms with Gasteiger partial charge in [0.15, 0.2) is 0 Å². The highest BCUT2D eigenvalue weighted by Crippen LogP contribution is 2.03. The Morgan fingerprint density at radius 1 is 1.70 bits per heavy atom. The molecule has 1 rings (SSSR count). The third kappa shape index (κ3) is 2.13. The number of nitrogens with one attached hydrogen (secondary N) is 1. The van der Waals surface area contributed by atoms with Gasteiger partial charge in [0.05, 0.1) is 0 Å². The van der Waals surface area contributed by atoms with Gasteiger partial charge in [-0.2, -0.15) is 0 Å². The van der Waals surface area contributed by atoms with Crippen molar-refractivity contribution in [1.29, 1.82) is 0 Å². The second-order valence-electron chi connectivity index (χ2n) is 2.29. The van der Waals surface area contributed by atoms with Gasteiger partial charge < -0.3 is 16.2 Å². The number of hydrogen-bond acceptors (Lipinski definition) is 3. The van der Waals surface area contributed by atoms with Crippen LogP contribution in [0.25, 0.3) is 0 Å². The van der Waals surface area contributed by atoms with Gasteiger partial charge in [-0.25, -0.2) is 0 Å². The van der Waals surface area contributed by atoms with Crippen LogP contribution in [0.15, 0.2) is 0 Å². The van der Waals surface area contributed by atoms with Crippen LogP contribution in [0.5, 0.6) is 0 Å². The summed E-state index contributed by atoms with van der Waals surface area (Å²) in [5, 5.41) is 11.2. The number of nitrogens with two attached hydrogens (primary N) is 1. The van der Waals surface area contributed by atoms with Crippen LogP contribution < -0.4 is 11.1 Å². The molecule has 1 heterocycles. The highest BCUT2D eigenvalue weighted by atomic mass is 35.5. The zero-order valence-corrected chi connectivity index (χ0v) is 6.23. The predicted octanol–water partition coefficient (Wildman–Crippen LogP) is -0.818. The van der Waals surface area contributed by atoms with E-state index in [1.54, 1.807) is 0 Å². The number of carboxylic acids is 1. The first kappa shape index (κ1) is 9.68. The quantitative estimate of drug-likeness (QED) is 0.476. The van der Waals surface area contributed by atoms with Crippen LogP contribution in [0.3, 0.4) is 0 Å². The van der Waals surface area contributed by atoms with Gasteiger partial charge in [-0.1, -0.05) is 0 Å². The van der Waals surface area contributed by atoms with Crippen molar-refractivity contribution in [2.24, 2.45) is 5.73 Å². The molecule has 0 amide bonds. The van der Waals surface area contributed by atoms with Crippen molar-refractivity contribution in [3.8, 4) is 0 Å². The molecule has 0 aliphatic carbocycles. The molecule has 10 heavy (non-hydrogen) atoms. The lowest BCUT2D eigenvalue weighted by molar-refractivity contribution is -0.139. The first-order chi connectivity index (χ1) is 4.20. The molecule has 1 aliphatic rings. The van der Waals surface area contributed by atoms with Crippen molar-refractivity contribution < 1.29 is 9.90 Å². The first-order valence-electron chi connectivity index (χ1n) is 2.92. The smallest absolute Gasteiger partial charge is 0.320 e. The minimum absolute atomic E-state index is 0. The summed E-state index contributed by atoms with van der Waals surface area (Å²) in [5.74, 6) is -0.803. The lowest BCUT2D eigenvalue weighted by Gasteiger charge is -2.00. The largest absolute Gasteiger partial charge is 0.480 e. The number of carbonyl (C=O) groups is 1. The Kier molecular flexibility index (Phi) is 3.63. The van der Waals surface area contributed by atoms with E-state index in [1.165, 1.54) is 0 Å². The second kappa shape index (κ2) is 3.75. The number of carboxylic acid groups (broad SMARTS) is 1. The van der Waals surface area contributed by atoms with E-state index in [1.807, 2.05) is 0 Å². The Morgan fingerprint density at radius 2 is 2.30 bits per heavy atom. The standard InChI is InChI=1S/C5H10N2O2.ClH/c6-3-1-4(5(8)9)7-2-3;/h3-4,7H,1-2,6H2,(H,8,9);1H. The number of halogens is 1. The van der Waals surface area contributed by atoms with Crippen molar-refractivity contribution in [2.75, 3.05) is 6.54 Å². The molecule has 0 bridgehead atoms. The van der Waals surface area contributed by atoms with Crippen LogP contribution in [0.2, 0.25) is 0 Å². The van der Waals surface area contributed by atoms with E-state index in [-0.39, 0.29) is 18.4 Å². The molecule has 1 fully saturated rings. The van der Waals surface area contributed by atoms with E-state index >= 15 is 0 Å². The van der Waals surface area contributed by atoms with Gasteiger partial charge in [0.25, 0.3) is 0 Å². The second-order valence-corrected chi connectivity index (χ2v) is 2.29. The minimum Gasteiger partial charge on any atom is -0.480 e. The zero-order valence-electron chi connectivity index (χ0n) is 5.41. The van der Waals surface area contributed by atoms with E-state index in [2.05, 4.69) is 5.32 Å². The summed E-state index contributed by atoms with van der Waals surface area (Å²) in [6.45, 7) is 0.622. The maximum Gasteiger partial charge on any atom is 0.320 e. The molecule has 2 unspecified atom stereocenters. The Hall–Kier alpha value is -0.320. The predicted molar refractivity (Wildman–Crippen MR) is 39.3 cm³/mol. The number of aliphatic carboxylic acids is 1. The third-order valence-corrected chi connectivity index (χ3v) is 1.46. The van der Waals surface area contributed by atoms with Crippen molar-refractivity contribution >= 4 is 18.4 Å².